The first-order valence-electron chi connectivity index (χ1n) is 9.86. The lowest BCUT2D eigenvalue weighted by molar-refractivity contribution is -0.141. The normalized spacial score (nSPS) is 17.6. The van der Waals surface area contributed by atoms with Crippen LogP contribution in [-0.4, -0.2) is 33.3 Å². The predicted octanol–water partition coefficient (Wildman–Crippen LogP) is 3.70. The fourth-order valence-electron chi connectivity index (χ4n) is 4.30. The molecule has 4 rings (SSSR count). The lowest BCUT2D eigenvalue weighted by Crippen LogP contribution is -2.43. The maximum absolute atomic E-state index is 12.6. The maximum Gasteiger partial charge on any atom is 0.326 e. The third-order valence-corrected chi connectivity index (χ3v) is 6.31. The van der Waals surface area contributed by atoms with E-state index in [0.29, 0.717) is 0 Å². The molecule has 1 amide bonds. The van der Waals surface area contributed by atoms with Crippen molar-refractivity contribution >= 4 is 35.4 Å². The Balaban J connectivity index is 1.41. The van der Waals surface area contributed by atoms with Crippen molar-refractivity contribution in [2.24, 2.45) is 0 Å². The Morgan fingerprint density at radius 1 is 1.17 bits per heavy atom. The van der Waals surface area contributed by atoms with Crippen LogP contribution in [0.2, 0.25) is 0 Å². The molecule has 29 heavy (non-hydrogen) atoms. The van der Waals surface area contributed by atoms with E-state index in [-0.39, 0.29) is 29.9 Å². The summed E-state index contributed by atoms with van der Waals surface area (Å²) in [6.07, 6.45) is 4.20. The highest BCUT2D eigenvalue weighted by Crippen LogP contribution is 2.38. The molecule has 1 aliphatic carbocycles. The molecule has 6 heteroatoms. The van der Waals surface area contributed by atoms with E-state index in [1.54, 1.807) is 0 Å². The monoisotopic (exact) mass is 408 g/mol. The minimum Gasteiger partial charge on any atom is -0.480 e. The fourth-order valence-corrected chi connectivity index (χ4v) is 4.77. The number of thiol groups is 1. The lowest BCUT2D eigenvalue weighted by atomic mass is 9.95. The number of amides is 1. The van der Waals surface area contributed by atoms with Gasteiger partial charge in [0.05, 0.1) is 0 Å². The number of carbonyl (C=O) groups is 2. The molecule has 0 fully saturated rings. The van der Waals surface area contributed by atoms with E-state index in [0.717, 1.165) is 29.3 Å². The van der Waals surface area contributed by atoms with Crippen LogP contribution in [0.1, 0.15) is 35.4 Å². The van der Waals surface area contributed by atoms with Gasteiger partial charge in [0.2, 0.25) is 5.91 Å². The van der Waals surface area contributed by atoms with E-state index < -0.39 is 12.0 Å². The molecule has 1 heterocycles. The predicted molar refractivity (Wildman–Crippen MR) is 116 cm³/mol. The molecule has 2 aromatic carbocycles. The maximum atomic E-state index is 12.6. The molecule has 2 unspecified atom stereocenters. The van der Waals surface area contributed by atoms with E-state index in [4.69, 9.17) is 0 Å². The van der Waals surface area contributed by atoms with Gasteiger partial charge < -0.3 is 15.4 Å². The minimum absolute atomic E-state index is 0.138. The number of H-pyrrole nitrogens is 1. The zero-order chi connectivity index (χ0) is 20.4. The molecule has 0 saturated carbocycles. The highest BCUT2D eigenvalue weighted by Gasteiger charge is 2.30. The Kier molecular flexibility index (Phi) is 5.62. The summed E-state index contributed by atoms with van der Waals surface area (Å²) < 4.78 is 0. The minimum atomic E-state index is -1.04. The number of carboxylic acid groups (broad SMARTS) is 1. The van der Waals surface area contributed by atoms with Gasteiger partial charge in [-0.1, -0.05) is 42.5 Å². The second kappa shape index (κ2) is 8.33. The lowest BCUT2D eigenvalue weighted by Gasteiger charge is -2.21. The van der Waals surface area contributed by atoms with Crippen LogP contribution in [0.5, 0.6) is 0 Å². The van der Waals surface area contributed by atoms with Crippen LogP contribution < -0.4 is 5.32 Å². The number of aromatic nitrogens is 1. The molecule has 0 bridgehead atoms. The summed E-state index contributed by atoms with van der Waals surface area (Å²) in [5, 5.41) is 13.2. The Hall–Kier alpha value is -2.73. The second-order valence-electron chi connectivity index (χ2n) is 7.64. The number of fused-ring (bicyclic) bond motifs is 2. The second-order valence-corrected chi connectivity index (χ2v) is 8.30. The van der Waals surface area contributed by atoms with Gasteiger partial charge in [-0.2, -0.15) is 12.6 Å². The summed E-state index contributed by atoms with van der Waals surface area (Å²) in [4.78, 5) is 27.5. The van der Waals surface area contributed by atoms with Crippen LogP contribution in [0.3, 0.4) is 0 Å². The van der Waals surface area contributed by atoms with Gasteiger partial charge in [-0.25, -0.2) is 4.79 Å². The zero-order valence-corrected chi connectivity index (χ0v) is 16.9. The molecule has 1 aliphatic rings. The molecule has 1 aromatic heterocycles. The third kappa shape index (κ3) is 4.17. The van der Waals surface area contributed by atoms with Crippen molar-refractivity contribution in [1.82, 2.24) is 10.3 Å². The van der Waals surface area contributed by atoms with Crippen molar-refractivity contribution < 1.29 is 14.7 Å². The molecule has 3 aromatic rings. The van der Waals surface area contributed by atoms with Crippen molar-refractivity contribution in [3.05, 3.63) is 71.4 Å². The molecule has 0 aliphatic heterocycles. The van der Waals surface area contributed by atoms with Crippen LogP contribution in [-0.2, 0) is 22.4 Å². The molecule has 0 saturated heterocycles. The quantitative estimate of drug-likeness (QED) is 0.450. The van der Waals surface area contributed by atoms with Gasteiger partial charge in [0.1, 0.15) is 6.04 Å². The number of aromatic amines is 1. The number of aryl methyl sites for hydroxylation is 1. The number of hydrogen-bond acceptors (Lipinski definition) is 3. The topological polar surface area (TPSA) is 82.2 Å². The molecule has 3 atom stereocenters. The Morgan fingerprint density at radius 3 is 2.76 bits per heavy atom. The van der Waals surface area contributed by atoms with Gasteiger partial charge in [0, 0.05) is 35.2 Å². The largest absolute Gasteiger partial charge is 0.480 e. The first-order valence-corrected chi connectivity index (χ1v) is 10.4. The van der Waals surface area contributed by atoms with Gasteiger partial charge in [0.25, 0.3) is 0 Å². The van der Waals surface area contributed by atoms with Crippen LogP contribution >= 0.6 is 12.6 Å². The van der Waals surface area contributed by atoms with Crippen LogP contribution in [0.25, 0.3) is 10.9 Å². The summed E-state index contributed by atoms with van der Waals surface area (Å²) in [6.45, 7) is 0. The van der Waals surface area contributed by atoms with Crippen LogP contribution in [0.4, 0.5) is 0 Å². The van der Waals surface area contributed by atoms with E-state index in [2.05, 4.69) is 35.1 Å². The Bertz CT molecular complexity index is 1050. The summed E-state index contributed by atoms with van der Waals surface area (Å²) >= 11 is 4.69. The van der Waals surface area contributed by atoms with Crippen molar-refractivity contribution in [3.63, 3.8) is 0 Å². The van der Waals surface area contributed by atoms with E-state index in [1.165, 1.54) is 11.1 Å². The Morgan fingerprint density at radius 2 is 1.93 bits per heavy atom. The van der Waals surface area contributed by atoms with Crippen molar-refractivity contribution in [1.29, 1.82) is 0 Å². The number of hydrogen-bond donors (Lipinski definition) is 4. The Labute approximate surface area is 174 Å². The van der Waals surface area contributed by atoms with Crippen molar-refractivity contribution in [2.75, 3.05) is 0 Å². The molecule has 5 nitrogen and oxygen atoms in total. The van der Waals surface area contributed by atoms with E-state index in [1.807, 2.05) is 42.6 Å². The number of carboxylic acids is 1. The zero-order valence-electron chi connectivity index (χ0n) is 16.0. The van der Waals surface area contributed by atoms with E-state index in [9.17, 15) is 14.7 Å². The van der Waals surface area contributed by atoms with Gasteiger partial charge in [-0.05, 0) is 41.5 Å². The number of rotatable bonds is 7. The van der Waals surface area contributed by atoms with Gasteiger partial charge in [-0.3, -0.25) is 4.79 Å². The first-order chi connectivity index (χ1) is 14.0. The average molecular weight is 409 g/mol. The van der Waals surface area contributed by atoms with Gasteiger partial charge >= 0.3 is 5.97 Å². The first kappa shape index (κ1) is 19.6. The molecule has 3 N–H and O–H groups in total. The molecular weight excluding hydrogens is 384 g/mol. The number of nitrogens with one attached hydrogen (secondary N) is 2. The standard InChI is InChI=1S/C23H24N2O3S/c26-22(12-21(29)18-10-9-14-5-1-2-6-16(14)18)25-20(23(27)28)11-15-13-24-19-8-4-3-7-17(15)19/h1-8,13,18,20-21,24,29H,9-12H2,(H,25,26)(H,27,28)/t18?,20-,21?/m0/s1. The van der Waals surface area contributed by atoms with Gasteiger partial charge in [-0.15, -0.1) is 0 Å². The number of benzene rings is 2. The number of para-hydroxylation sites is 1. The summed E-state index contributed by atoms with van der Waals surface area (Å²) in [7, 11) is 0. The summed E-state index contributed by atoms with van der Waals surface area (Å²) in [6, 6.07) is 15.0. The highest BCUT2D eigenvalue weighted by atomic mass is 32.1. The van der Waals surface area contributed by atoms with E-state index >= 15 is 0 Å². The average Bonchev–Trinajstić information content (AvgIpc) is 3.32. The SMILES string of the molecule is O=C(CC(S)C1CCc2ccccc21)N[C@@H](Cc1c[nH]c2ccccc12)C(=O)O. The van der Waals surface area contributed by atoms with Crippen molar-refractivity contribution in [3.8, 4) is 0 Å². The highest BCUT2D eigenvalue weighted by molar-refractivity contribution is 7.81. The summed E-state index contributed by atoms with van der Waals surface area (Å²) in [5.74, 6) is -1.09. The van der Waals surface area contributed by atoms with Gasteiger partial charge in [0.15, 0.2) is 0 Å². The summed E-state index contributed by atoms with van der Waals surface area (Å²) in [5.41, 5.74) is 4.40. The number of aliphatic carboxylic acids is 1. The molecule has 0 radical (unpaired) electrons. The van der Waals surface area contributed by atoms with Crippen molar-refractivity contribution in [2.45, 2.75) is 42.9 Å². The fraction of sp³-hybridized carbons (Fsp3) is 0.304. The smallest absolute Gasteiger partial charge is 0.326 e. The number of carbonyl (C=O) groups excluding carboxylic acids is 1. The van der Waals surface area contributed by atoms with Crippen LogP contribution in [0, 0.1) is 0 Å². The van der Waals surface area contributed by atoms with Crippen LogP contribution in [0.15, 0.2) is 54.7 Å². The molecular formula is C23H24N2O3S. The third-order valence-electron chi connectivity index (χ3n) is 5.77. The molecule has 150 valence electrons. The molecule has 0 spiro atoms.